The molecule has 1 unspecified atom stereocenters. The third-order valence-corrected chi connectivity index (χ3v) is 13.6. The van der Waals surface area contributed by atoms with E-state index in [2.05, 4.69) is 70.0 Å². The number of methoxy groups -OCH3 is 3. The first-order valence-corrected chi connectivity index (χ1v) is 22.4. The van der Waals surface area contributed by atoms with E-state index < -0.39 is 24.3 Å². The van der Waals surface area contributed by atoms with E-state index in [-0.39, 0.29) is 41.8 Å². The highest BCUT2D eigenvalue weighted by molar-refractivity contribution is 6.07. The number of alkyl carbamates (subject to hydrolysis) is 2. The number of benzene rings is 3. The molecule has 2 saturated heterocycles. The standard InChI is InChI=1S/C49H56N8O8/c1-7-36(53-48(60)63-5)46(58)57-27(3)12-17-39(57)45-51-37-16-14-29-20-35-33-15-13-30(19-31(33)25-65-41(35)21-34(29)42(37)54-45)38-22-50-44(52-38)40-18-28(24-62-4)23-56(40)47(59)43(55-49(61)64-6)32-11-9-8-10-26(32)2/h8-9,11,13-16,19-22,26-28,36,39-40,43H,7,10,12,17-18,23-25H2,1-6H3,(H,50,52)(H,51,54)(H,53,60)(H,55,61)/t26?,27-,28-,36-,39-,40-,43+/m0/s1. The van der Waals surface area contributed by atoms with Crippen molar-refractivity contribution >= 4 is 45.8 Å². The molecule has 4 amide bonds. The quantitative estimate of drug-likeness (QED) is 0.103. The Morgan fingerprint density at radius 3 is 2.51 bits per heavy atom. The summed E-state index contributed by atoms with van der Waals surface area (Å²) in [4.78, 5) is 73.5. The number of amides is 4. The van der Waals surface area contributed by atoms with Gasteiger partial charge in [0, 0.05) is 36.6 Å². The number of likely N-dealkylation sites (tertiary alicyclic amines) is 2. The van der Waals surface area contributed by atoms with Crippen LogP contribution in [-0.4, -0.2) is 106 Å². The van der Waals surface area contributed by atoms with Crippen LogP contribution in [0.1, 0.15) is 82.2 Å². The number of aromatic nitrogens is 4. The zero-order valence-corrected chi connectivity index (χ0v) is 37.6. The van der Waals surface area contributed by atoms with E-state index >= 15 is 0 Å². The van der Waals surface area contributed by atoms with E-state index in [1.54, 1.807) is 13.3 Å². The molecule has 0 spiro atoms. The lowest BCUT2D eigenvalue weighted by Crippen LogP contribution is -2.50. The van der Waals surface area contributed by atoms with Gasteiger partial charge in [-0.05, 0) is 96.9 Å². The van der Waals surface area contributed by atoms with Crippen LogP contribution in [0, 0.1) is 11.8 Å². The Hall–Kier alpha value is -6.68. The summed E-state index contributed by atoms with van der Waals surface area (Å²) in [7, 11) is 4.25. The fourth-order valence-corrected chi connectivity index (χ4v) is 10.2. The van der Waals surface area contributed by atoms with Gasteiger partial charge in [0.05, 0.1) is 55.8 Å². The summed E-state index contributed by atoms with van der Waals surface area (Å²) < 4.78 is 21.7. The zero-order valence-electron chi connectivity index (χ0n) is 37.6. The van der Waals surface area contributed by atoms with Crippen LogP contribution in [0.5, 0.6) is 5.75 Å². The Bertz CT molecular complexity index is 2720. The van der Waals surface area contributed by atoms with Crippen LogP contribution >= 0.6 is 0 Å². The molecule has 0 radical (unpaired) electrons. The average molecular weight is 885 g/mol. The molecular formula is C49H56N8O8. The first-order valence-electron chi connectivity index (χ1n) is 22.4. The molecule has 7 atom stereocenters. The summed E-state index contributed by atoms with van der Waals surface area (Å²) in [5, 5.41) is 7.46. The zero-order chi connectivity index (χ0) is 45.5. The summed E-state index contributed by atoms with van der Waals surface area (Å²) in [5.74, 6) is 1.91. The summed E-state index contributed by atoms with van der Waals surface area (Å²) >= 11 is 0. The lowest BCUT2D eigenvalue weighted by atomic mass is 9.87. The largest absolute Gasteiger partial charge is 0.488 e. The van der Waals surface area contributed by atoms with Gasteiger partial charge in [0.2, 0.25) is 11.8 Å². The smallest absolute Gasteiger partial charge is 0.407 e. The van der Waals surface area contributed by atoms with Crippen molar-refractivity contribution in [1.82, 2.24) is 40.4 Å². The Morgan fingerprint density at radius 2 is 1.74 bits per heavy atom. The Morgan fingerprint density at radius 1 is 0.923 bits per heavy atom. The maximum absolute atomic E-state index is 14.5. The SMILES string of the molecule is CC[C@H](NC(=O)OC)C(=O)N1[C@@H](C)CC[C@H]1c1nc2c(ccc3cc4c(cc32)OCc2cc(-c3cnc([C@@H]5C[C@H](COC)CN5C(=O)[C@H](NC(=O)OC)C5=CC=CCC5C)[nH]3)ccc2-4)[nH]1. The minimum Gasteiger partial charge on any atom is -0.488 e. The number of carbonyl (C=O) groups excluding carboxylic acids is 4. The number of nitrogens with one attached hydrogen (secondary N) is 4. The Labute approximate surface area is 377 Å². The molecule has 4 N–H and O–H groups in total. The van der Waals surface area contributed by atoms with E-state index in [9.17, 15) is 19.2 Å². The highest BCUT2D eigenvalue weighted by Crippen LogP contribution is 2.44. The second-order valence-electron chi connectivity index (χ2n) is 17.6. The van der Waals surface area contributed by atoms with Crippen LogP contribution in [0.4, 0.5) is 9.59 Å². The van der Waals surface area contributed by atoms with Crippen molar-refractivity contribution in [3.8, 4) is 28.1 Å². The van der Waals surface area contributed by atoms with Crippen molar-refractivity contribution in [2.45, 2.75) is 89.7 Å². The molecule has 0 saturated carbocycles. The predicted octanol–water partition coefficient (Wildman–Crippen LogP) is 7.64. The molecule has 2 aromatic heterocycles. The summed E-state index contributed by atoms with van der Waals surface area (Å²) in [6, 6.07) is 12.4. The maximum Gasteiger partial charge on any atom is 0.407 e. The number of hydrogen-bond acceptors (Lipinski definition) is 10. The van der Waals surface area contributed by atoms with E-state index in [0.717, 1.165) is 80.3 Å². The van der Waals surface area contributed by atoms with Crippen LogP contribution in [0.3, 0.4) is 0 Å². The van der Waals surface area contributed by atoms with Crippen molar-refractivity contribution in [2.75, 3.05) is 34.5 Å². The highest BCUT2D eigenvalue weighted by atomic mass is 16.5. The van der Waals surface area contributed by atoms with Gasteiger partial charge < -0.3 is 49.3 Å². The number of aromatic amines is 2. The molecule has 16 nitrogen and oxygen atoms in total. The van der Waals surface area contributed by atoms with Gasteiger partial charge in [-0.1, -0.05) is 50.3 Å². The molecule has 65 heavy (non-hydrogen) atoms. The number of fused-ring (bicyclic) bond motifs is 6. The number of nitrogens with zero attached hydrogens (tertiary/aromatic N) is 4. The first-order chi connectivity index (χ1) is 31.5. The Kier molecular flexibility index (Phi) is 12.1. The number of allylic oxidation sites excluding steroid dienone is 3. The van der Waals surface area contributed by atoms with Gasteiger partial charge in [-0.3, -0.25) is 9.59 Å². The molecule has 2 fully saturated rings. The Balaban J connectivity index is 0.973. The van der Waals surface area contributed by atoms with Crippen LogP contribution in [-0.2, 0) is 30.4 Å². The second kappa shape index (κ2) is 18.1. The summed E-state index contributed by atoms with van der Waals surface area (Å²) in [5.41, 5.74) is 7.32. The molecular weight excluding hydrogens is 829 g/mol. The van der Waals surface area contributed by atoms with Crippen LogP contribution in [0.25, 0.3) is 44.2 Å². The minimum atomic E-state index is -0.883. The molecule has 9 rings (SSSR count). The third-order valence-electron chi connectivity index (χ3n) is 13.6. The molecule has 5 aromatic rings. The van der Waals surface area contributed by atoms with Gasteiger partial charge in [-0.15, -0.1) is 0 Å². The molecule has 0 bridgehead atoms. The highest BCUT2D eigenvalue weighted by Gasteiger charge is 2.43. The number of rotatable bonds is 11. The monoisotopic (exact) mass is 884 g/mol. The third kappa shape index (κ3) is 8.19. The predicted molar refractivity (Wildman–Crippen MR) is 244 cm³/mol. The number of carbonyl (C=O) groups is 4. The van der Waals surface area contributed by atoms with Crippen molar-refractivity contribution in [3.63, 3.8) is 0 Å². The van der Waals surface area contributed by atoms with Crippen molar-refractivity contribution in [2.24, 2.45) is 11.8 Å². The number of hydrogen-bond donors (Lipinski definition) is 4. The molecule has 5 heterocycles. The van der Waals surface area contributed by atoms with Crippen molar-refractivity contribution < 1.29 is 38.1 Å². The van der Waals surface area contributed by atoms with Crippen LogP contribution in [0.15, 0.2) is 72.5 Å². The van der Waals surface area contributed by atoms with Gasteiger partial charge in [-0.2, -0.15) is 0 Å². The van der Waals surface area contributed by atoms with E-state index in [4.69, 9.17) is 28.9 Å². The van der Waals surface area contributed by atoms with Gasteiger partial charge >= 0.3 is 12.2 Å². The molecule has 16 heteroatoms. The van der Waals surface area contributed by atoms with E-state index in [1.807, 2.05) is 41.9 Å². The fourth-order valence-electron chi connectivity index (χ4n) is 10.2. The topological polar surface area (TPSA) is 193 Å². The lowest BCUT2D eigenvalue weighted by molar-refractivity contribution is -0.136. The van der Waals surface area contributed by atoms with Gasteiger partial charge in [-0.25, -0.2) is 19.6 Å². The van der Waals surface area contributed by atoms with E-state index in [0.29, 0.717) is 44.2 Å². The molecule has 3 aromatic carbocycles. The van der Waals surface area contributed by atoms with Gasteiger partial charge in [0.1, 0.15) is 36.1 Å². The summed E-state index contributed by atoms with van der Waals surface area (Å²) in [6.07, 6.45) is 9.82. The number of ether oxygens (including phenoxy) is 4. The molecule has 340 valence electrons. The fraction of sp³-hybridized carbons (Fsp3) is 0.429. The number of imidazole rings is 2. The maximum atomic E-state index is 14.5. The second-order valence-corrected chi connectivity index (χ2v) is 17.6. The average Bonchev–Trinajstić information content (AvgIpc) is 4.15. The van der Waals surface area contributed by atoms with Crippen LogP contribution < -0.4 is 15.4 Å². The van der Waals surface area contributed by atoms with Crippen molar-refractivity contribution in [3.05, 3.63) is 89.7 Å². The van der Waals surface area contributed by atoms with Crippen LogP contribution in [0.2, 0.25) is 0 Å². The summed E-state index contributed by atoms with van der Waals surface area (Å²) in [6.45, 7) is 7.25. The number of H-pyrrole nitrogens is 2. The van der Waals surface area contributed by atoms with Gasteiger partial charge in [0.25, 0.3) is 0 Å². The molecule has 1 aliphatic carbocycles. The first kappa shape index (κ1) is 43.6. The van der Waals surface area contributed by atoms with Crippen molar-refractivity contribution in [1.29, 1.82) is 0 Å². The molecule has 4 aliphatic rings. The van der Waals surface area contributed by atoms with Gasteiger partial charge in [0.15, 0.2) is 0 Å². The lowest BCUT2D eigenvalue weighted by Gasteiger charge is -2.32. The minimum absolute atomic E-state index is 0.0213. The molecule has 3 aliphatic heterocycles. The van der Waals surface area contributed by atoms with E-state index in [1.165, 1.54) is 14.2 Å². The normalized spacial score (nSPS) is 22.2.